The third-order valence-corrected chi connectivity index (χ3v) is 12.1. The predicted molar refractivity (Wildman–Crippen MR) is 230 cm³/mol. The van der Waals surface area contributed by atoms with Crippen molar-refractivity contribution in [3.63, 3.8) is 0 Å². The summed E-state index contributed by atoms with van der Waals surface area (Å²) in [7, 11) is -18.8. The number of allylic oxidation sites excluding steroid dienone is 4. The van der Waals surface area contributed by atoms with E-state index in [0.717, 1.165) is 78.9 Å². The third-order valence-electron chi connectivity index (χ3n) is 8.52. The van der Waals surface area contributed by atoms with E-state index in [-0.39, 0.29) is 71.6 Å². The van der Waals surface area contributed by atoms with Crippen molar-refractivity contribution < 1.29 is 66.4 Å². The first-order valence-corrected chi connectivity index (χ1v) is 23.4. The van der Waals surface area contributed by atoms with E-state index in [1.807, 2.05) is 0 Å². The van der Waals surface area contributed by atoms with Crippen LogP contribution >= 0.6 is 0 Å². The Hall–Kier alpha value is -7.43. The maximum Gasteiger partial charge on any atom is 0.365 e. The molecule has 0 unspecified atom stereocenters. The molecule has 23 nitrogen and oxygen atoms in total. The second kappa shape index (κ2) is 18.7. The topological polar surface area (TPSA) is 359 Å². The fourth-order valence-corrected chi connectivity index (χ4v) is 7.77. The molecule has 6 rings (SSSR count). The smallest absolute Gasteiger partial charge is 0.365 e. The van der Waals surface area contributed by atoms with Crippen LogP contribution in [0, 0.1) is 15.6 Å². The van der Waals surface area contributed by atoms with E-state index in [4.69, 9.17) is 9.11 Å². The van der Waals surface area contributed by atoms with Crippen LogP contribution in [0.2, 0.25) is 0 Å². The van der Waals surface area contributed by atoms with Crippen LogP contribution < -0.4 is 5.17 Å². The lowest BCUT2D eigenvalue weighted by Gasteiger charge is -2.25. The van der Waals surface area contributed by atoms with Gasteiger partial charge in [0.25, 0.3) is 40.5 Å². The number of hydrazone groups is 1. The molecule has 0 saturated carbocycles. The van der Waals surface area contributed by atoms with Gasteiger partial charge in [0.1, 0.15) is 26.3 Å². The van der Waals surface area contributed by atoms with Crippen molar-refractivity contribution in [1.29, 1.82) is 0 Å². The normalized spacial score (nSPS) is 13.8. The fourth-order valence-electron chi connectivity index (χ4n) is 5.40. The second-order valence-corrected chi connectivity index (χ2v) is 18.6. The Balaban J connectivity index is 1.18. The Morgan fingerprint density at radius 1 is 0.523 bits per heavy atom. The molecule has 0 spiro atoms. The van der Waals surface area contributed by atoms with E-state index in [9.17, 15) is 58.4 Å². The van der Waals surface area contributed by atoms with Crippen LogP contribution in [0.1, 0.15) is 11.1 Å². The van der Waals surface area contributed by atoms with Crippen LogP contribution in [-0.2, 0) is 40.5 Å². The third kappa shape index (κ3) is 12.4. The fraction of sp³-hybridized carbons (Fsp3) is 0. The number of hydrogen-bond acceptors (Lipinski definition) is 16. The van der Waals surface area contributed by atoms with E-state index >= 15 is 0 Å². The average Bonchev–Trinajstić information content (AvgIpc) is 3.25. The Labute approximate surface area is 368 Å². The van der Waals surface area contributed by atoms with Gasteiger partial charge in [-0.15, -0.1) is 0 Å². The van der Waals surface area contributed by atoms with Gasteiger partial charge in [0.15, 0.2) is 5.69 Å². The molecule has 0 saturated heterocycles. The number of hydrogen-bond donors (Lipinski definition) is 4. The zero-order chi connectivity index (χ0) is 47.3. The van der Waals surface area contributed by atoms with Gasteiger partial charge < -0.3 is 20.8 Å². The summed E-state index contributed by atoms with van der Waals surface area (Å²) in [5.41, 5.74) is -0.350. The maximum absolute atomic E-state index is 12.9. The molecule has 65 heavy (non-hydrogen) atoms. The number of azo groups is 2. The summed E-state index contributed by atoms with van der Waals surface area (Å²) in [5.74, 6) is 0. The Morgan fingerprint density at radius 2 is 0.938 bits per heavy atom. The summed E-state index contributed by atoms with van der Waals surface area (Å²) in [4.78, 5) is 2.05. The molecule has 4 N–H and O–H groups in total. The Morgan fingerprint density at radius 3 is 1.42 bits per heavy atom. The lowest BCUT2D eigenvalue weighted by atomic mass is 10.1. The molecule has 0 radical (unpaired) electrons. The van der Waals surface area contributed by atoms with E-state index in [1.165, 1.54) is 66.8 Å². The molecule has 0 aliphatic heterocycles. The minimum atomic E-state index is -4.98. The minimum absolute atomic E-state index is 0.0342. The molecule has 5 aromatic rings. The van der Waals surface area contributed by atoms with Gasteiger partial charge in [-0.3, -0.25) is 18.2 Å². The summed E-state index contributed by atoms with van der Waals surface area (Å²) < 4.78 is 133. The highest BCUT2D eigenvalue weighted by Crippen LogP contribution is 2.29. The zero-order valence-corrected chi connectivity index (χ0v) is 35.6. The van der Waals surface area contributed by atoms with Crippen LogP contribution in [-0.4, -0.2) is 77.8 Å². The Bertz CT molecular complexity index is 3400. The molecule has 5 aromatic carbocycles. The number of anilines is 1. The molecular weight excluding hydrogens is 937 g/mol. The molecule has 0 bridgehead atoms. The molecule has 0 fully saturated rings. The molecule has 334 valence electrons. The van der Waals surface area contributed by atoms with Crippen LogP contribution in [0.15, 0.2) is 174 Å². The van der Waals surface area contributed by atoms with Gasteiger partial charge in [0.2, 0.25) is 11.4 Å². The first kappa shape index (κ1) is 47.1. The highest BCUT2D eigenvalue weighted by Gasteiger charge is 2.20. The maximum atomic E-state index is 12.9. The highest BCUT2D eigenvalue weighted by atomic mass is 32.2. The van der Waals surface area contributed by atoms with Crippen LogP contribution in [0.25, 0.3) is 12.2 Å². The summed E-state index contributed by atoms with van der Waals surface area (Å²) in [6, 6.07) is 20.3. The second-order valence-electron chi connectivity index (χ2n) is 13.0. The first-order valence-electron chi connectivity index (χ1n) is 17.7. The number of benzene rings is 5. The molecular formula is C38H28N8O15S4. The van der Waals surface area contributed by atoms with Crippen LogP contribution in [0.4, 0.5) is 34.1 Å². The van der Waals surface area contributed by atoms with Gasteiger partial charge in [0, 0.05) is 52.3 Å². The summed E-state index contributed by atoms with van der Waals surface area (Å²) in [5, 5.41) is 53.3. The van der Waals surface area contributed by atoms with Crippen molar-refractivity contribution in [3.05, 3.63) is 160 Å². The van der Waals surface area contributed by atoms with Crippen molar-refractivity contribution in [1.82, 2.24) is 0 Å². The summed E-state index contributed by atoms with van der Waals surface area (Å²) in [6.45, 7) is 0. The molecule has 0 atom stereocenters. The van der Waals surface area contributed by atoms with Crippen LogP contribution in [0.5, 0.6) is 0 Å². The largest absolute Gasteiger partial charge is 0.737 e. The average molecular weight is 965 g/mol. The molecule has 1 aliphatic carbocycles. The molecule has 0 amide bonds. The monoisotopic (exact) mass is 964 g/mol. The zero-order valence-electron chi connectivity index (χ0n) is 32.3. The van der Waals surface area contributed by atoms with Gasteiger partial charge in [0.05, 0.1) is 20.3 Å². The van der Waals surface area contributed by atoms with Gasteiger partial charge in [-0.2, -0.15) is 38.8 Å². The van der Waals surface area contributed by atoms with Gasteiger partial charge in [-0.25, -0.2) is 0 Å². The van der Waals surface area contributed by atoms with Crippen molar-refractivity contribution in [2.75, 3.05) is 5.17 Å². The Kier molecular flexibility index (Phi) is 13.6. The summed E-state index contributed by atoms with van der Waals surface area (Å²) in [6.07, 6.45) is 7.87. The highest BCUT2D eigenvalue weighted by molar-refractivity contribution is 7.86. The van der Waals surface area contributed by atoms with Crippen molar-refractivity contribution in [2.24, 2.45) is 20.4 Å². The SMILES string of the molecule is O=S(=O)(O)c1ccc(N([O-])N=C2C=CC(=[N+]=Nc3ccc(C=Cc4ccc(N=[N+]([O-])c5ccc(N=[N+]([O-])c6ccc(S(=O)(=O)O)cc6)cc5)cc4S(=O)(=O)O)c(S(=O)(=O)O)c3)C=C2)cc1. The standard InChI is InChI=1S/C38H28N8O15S4/c47-44(33-15-19-35(20-16-33)62(50,51)52)41-28-9-7-27(8-10-28)39-40-30-5-3-25(37(23-30)64(56,57)58)1-2-26-4-6-31(24-38(26)65(59,60)61)43-46(49)32-13-11-29(12-14-32)42-45(48)34-17-21-36(22-18-34)63(53,54)55/h1-24H,(H4-,41,47,50,51,52,53,54,55,56,57,58,59,60,61). The lowest BCUT2D eigenvalue weighted by molar-refractivity contribution is -0.436. The van der Waals surface area contributed by atoms with E-state index in [0.29, 0.717) is 0 Å². The predicted octanol–water partition coefficient (Wildman–Crippen LogP) is 6.91. The van der Waals surface area contributed by atoms with E-state index in [1.54, 1.807) is 0 Å². The molecule has 27 heteroatoms. The van der Waals surface area contributed by atoms with Crippen molar-refractivity contribution >= 4 is 98.2 Å². The summed E-state index contributed by atoms with van der Waals surface area (Å²) >= 11 is 0. The van der Waals surface area contributed by atoms with Gasteiger partial charge in [-0.1, -0.05) is 34.0 Å². The molecule has 0 aromatic heterocycles. The number of rotatable bonds is 13. The lowest BCUT2D eigenvalue weighted by Crippen LogP contribution is -2.11. The van der Waals surface area contributed by atoms with E-state index in [2.05, 4.69) is 25.2 Å². The molecule has 0 heterocycles. The van der Waals surface area contributed by atoms with Crippen molar-refractivity contribution in [3.8, 4) is 0 Å². The van der Waals surface area contributed by atoms with Gasteiger partial charge >= 0.3 is 5.71 Å². The van der Waals surface area contributed by atoms with Crippen LogP contribution in [0.3, 0.4) is 0 Å². The minimum Gasteiger partial charge on any atom is -0.737 e. The van der Waals surface area contributed by atoms with Crippen molar-refractivity contribution in [2.45, 2.75) is 19.6 Å². The molecule has 1 aliphatic rings. The quantitative estimate of drug-likeness (QED) is 0.0177. The van der Waals surface area contributed by atoms with E-state index < -0.39 is 60.1 Å². The number of nitrogens with zero attached hydrogens (tertiary/aromatic N) is 8. The van der Waals surface area contributed by atoms with Gasteiger partial charge in [-0.05, 0) is 96.1 Å². The first-order chi connectivity index (χ1) is 30.4.